The fraction of sp³-hybridized carbons (Fsp3) is 0.231. The molecule has 0 N–H and O–H groups in total. The van der Waals surface area contributed by atoms with Crippen LogP contribution in [0.15, 0.2) is 182 Å². The van der Waals surface area contributed by atoms with Crippen LogP contribution in [-0.4, -0.2) is 9.55 Å². The number of nitrogens with zero attached hydrogens (tertiary/aromatic N) is 4. The fourth-order valence-corrected chi connectivity index (χ4v) is 9.71. The number of anilines is 2. The van der Waals surface area contributed by atoms with Gasteiger partial charge in [-0.3, -0.25) is 0 Å². The van der Waals surface area contributed by atoms with Crippen molar-refractivity contribution in [3.63, 3.8) is 0 Å². The number of rotatable bonds is 9. The van der Waals surface area contributed by atoms with Gasteiger partial charge < -0.3 is 19.1 Å². The first-order valence-corrected chi connectivity index (χ1v) is 24.5. The average molecular weight is 1110 g/mol. The molecule has 0 unspecified atom stereocenters. The van der Waals surface area contributed by atoms with E-state index in [1.54, 1.807) is 0 Å². The summed E-state index contributed by atoms with van der Waals surface area (Å²) in [5, 5.41) is 2.31. The molecule has 0 amide bonds. The Hall–Kier alpha value is -6.68. The van der Waals surface area contributed by atoms with Crippen LogP contribution in [0.25, 0.3) is 49.9 Å². The van der Waals surface area contributed by atoms with Crippen molar-refractivity contribution in [2.24, 2.45) is 0 Å². The number of hydrogen-bond donors (Lipinski definition) is 0. The number of aromatic nitrogens is 2. The van der Waals surface area contributed by atoms with Gasteiger partial charge in [-0.15, -0.1) is 53.8 Å². The van der Waals surface area contributed by atoms with Gasteiger partial charge in [0.25, 0.3) is 0 Å². The third-order valence-electron chi connectivity index (χ3n) is 13.8. The van der Waals surface area contributed by atoms with Crippen LogP contribution in [0.1, 0.15) is 98.4 Å². The first-order chi connectivity index (χ1) is 33.3. The van der Waals surface area contributed by atoms with Crippen molar-refractivity contribution in [2.45, 2.75) is 97.8 Å². The van der Waals surface area contributed by atoms with Crippen molar-refractivity contribution in [2.75, 3.05) is 9.80 Å². The summed E-state index contributed by atoms with van der Waals surface area (Å²) in [6.07, 6.45) is 4.20. The Morgan fingerprint density at radius 2 is 1.11 bits per heavy atom. The molecule has 362 valence electrons. The molecule has 0 spiro atoms. The standard InChI is InChI=1S/C65H63N4O.Pt/c1-62(2,3)49-31-32-66-60(38-49)69-57-30-22-21-29-55(57)61-56(64(7,8)9)40-54(41-58(61)69)70-53-36-47(45-25-17-13-18-26-45)34-51(39-53)67-42-59(65(10,11)48-27-19-14-20-28-48)68(43-67)52-35-46(44-23-15-12-16-24-44)33-50(37-52)63(4,5)6;/h12-38,40,42-43H,1-11H3;/q-3;. The SMILES string of the molecule is CC(C)(C)c1cc(-c2ccccc2)cc(N2[CH-]N(c3[c-]c(Oc4[c-]c5c(c(C(C)(C)C)c4)c4ccccc4n5-c4cc(C(C)(C)C)ccn4)cc(-c4ccccc4)c3)C=C2C(C)(C)c2ccccc2)c1.[Pt]. The van der Waals surface area contributed by atoms with Gasteiger partial charge in [-0.2, -0.15) is 0 Å². The summed E-state index contributed by atoms with van der Waals surface area (Å²) in [5.74, 6) is 2.06. The molecule has 5 nitrogen and oxygen atoms in total. The van der Waals surface area contributed by atoms with E-state index in [0.29, 0.717) is 11.5 Å². The topological polar surface area (TPSA) is 33.5 Å². The molecule has 0 saturated carbocycles. The Balaban J connectivity index is 0.00000624. The van der Waals surface area contributed by atoms with Crippen molar-refractivity contribution in [1.29, 1.82) is 0 Å². The molecule has 6 heteroatoms. The van der Waals surface area contributed by atoms with Gasteiger partial charge in [0.2, 0.25) is 0 Å². The van der Waals surface area contributed by atoms with Crippen LogP contribution in [0.4, 0.5) is 11.4 Å². The third-order valence-corrected chi connectivity index (χ3v) is 13.8. The van der Waals surface area contributed by atoms with E-state index in [-0.39, 0.29) is 42.7 Å². The van der Waals surface area contributed by atoms with Gasteiger partial charge in [-0.25, -0.2) is 4.98 Å². The molecule has 0 bridgehead atoms. The maximum atomic E-state index is 7.12. The van der Waals surface area contributed by atoms with Crippen molar-refractivity contribution in [1.82, 2.24) is 9.55 Å². The van der Waals surface area contributed by atoms with Crippen LogP contribution in [0, 0.1) is 18.8 Å². The predicted octanol–water partition coefficient (Wildman–Crippen LogP) is 17.1. The van der Waals surface area contributed by atoms with E-state index < -0.39 is 0 Å². The summed E-state index contributed by atoms with van der Waals surface area (Å²) >= 11 is 0. The minimum absolute atomic E-state index is 0. The normalized spacial score (nSPS) is 13.4. The van der Waals surface area contributed by atoms with Gasteiger partial charge >= 0.3 is 0 Å². The van der Waals surface area contributed by atoms with Crippen molar-refractivity contribution in [3.05, 3.63) is 223 Å². The van der Waals surface area contributed by atoms with Gasteiger partial charge in [-0.05, 0) is 91.5 Å². The number of para-hydroxylation sites is 1. The maximum Gasteiger partial charge on any atom is 0.135 e. The molecule has 9 aromatic rings. The molecule has 0 atom stereocenters. The number of benzene rings is 7. The van der Waals surface area contributed by atoms with E-state index in [9.17, 15) is 0 Å². The van der Waals surface area contributed by atoms with Gasteiger partial charge in [0.1, 0.15) is 5.82 Å². The first-order valence-electron chi connectivity index (χ1n) is 24.5. The van der Waals surface area contributed by atoms with Gasteiger partial charge in [0.15, 0.2) is 0 Å². The maximum absolute atomic E-state index is 7.12. The van der Waals surface area contributed by atoms with Gasteiger partial charge in [0, 0.05) is 61.1 Å². The number of pyridine rings is 1. The van der Waals surface area contributed by atoms with E-state index >= 15 is 0 Å². The molecule has 0 saturated heterocycles. The van der Waals surface area contributed by atoms with Crippen LogP contribution in [0.2, 0.25) is 0 Å². The second-order valence-electron chi connectivity index (χ2n) is 22.4. The number of hydrogen-bond acceptors (Lipinski definition) is 4. The second kappa shape index (κ2) is 18.8. The Morgan fingerprint density at radius 3 is 1.75 bits per heavy atom. The van der Waals surface area contributed by atoms with Crippen LogP contribution in [-0.2, 0) is 42.7 Å². The smallest absolute Gasteiger partial charge is 0.135 e. The molecule has 7 aromatic carbocycles. The second-order valence-corrected chi connectivity index (χ2v) is 22.4. The molecule has 0 aliphatic carbocycles. The zero-order valence-electron chi connectivity index (χ0n) is 42.8. The molecule has 2 aromatic heterocycles. The Labute approximate surface area is 436 Å². The van der Waals surface area contributed by atoms with E-state index in [4.69, 9.17) is 9.72 Å². The molecule has 1 aliphatic heterocycles. The first kappa shape index (κ1) is 49.3. The molecule has 0 fully saturated rings. The Morgan fingerprint density at radius 1 is 0.521 bits per heavy atom. The summed E-state index contributed by atoms with van der Waals surface area (Å²) in [6.45, 7) is 27.3. The van der Waals surface area contributed by atoms with E-state index in [1.165, 1.54) is 33.4 Å². The molecule has 1 aliphatic rings. The van der Waals surface area contributed by atoms with Gasteiger partial charge in [-0.1, -0.05) is 202 Å². The number of fused-ring (bicyclic) bond motifs is 3. The zero-order valence-corrected chi connectivity index (χ0v) is 45.1. The van der Waals surface area contributed by atoms with Crippen LogP contribution < -0.4 is 14.5 Å². The molecule has 10 rings (SSSR count). The van der Waals surface area contributed by atoms with Gasteiger partial charge in [0.05, 0.1) is 0 Å². The quantitative estimate of drug-likeness (QED) is 0.135. The average Bonchev–Trinajstić information content (AvgIpc) is 3.95. The predicted molar refractivity (Wildman–Crippen MR) is 293 cm³/mol. The van der Waals surface area contributed by atoms with Crippen molar-refractivity contribution < 1.29 is 25.8 Å². The Bertz CT molecular complexity index is 3410. The molecule has 3 heterocycles. The van der Waals surface area contributed by atoms with Crippen LogP contribution >= 0.6 is 0 Å². The van der Waals surface area contributed by atoms with E-state index in [1.807, 2.05) is 6.20 Å². The molecular weight excluding hydrogens is 1050 g/mol. The zero-order chi connectivity index (χ0) is 49.2. The molecule has 0 radical (unpaired) electrons. The summed E-state index contributed by atoms with van der Waals surface area (Å²) < 4.78 is 9.38. The van der Waals surface area contributed by atoms with E-state index in [0.717, 1.165) is 55.8 Å². The Kier molecular flexibility index (Phi) is 13.1. The fourth-order valence-electron chi connectivity index (χ4n) is 9.71. The molecular formula is C65H63N4OPt-3. The molecule has 71 heavy (non-hydrogen) atoms. The number of allylic oxidation sites excluding steroid dienone is 1. The minimum atomic E-state index is -0.388. The van der Waals surface area contributed by atoms with E-state index in [2.05, 4.69) is 279 Å². The summed E-state index contributed by atoms with van der Waals surface area (Å²) in [4.78, 5) is 9.57. The number of ether oxygens (including phenoxy) is 1. The van der Waals surface area contributed by atoms with Crippen molar-refractivity contribution >= 4 is 33.2 Å². The summed E-state index contributed by atoms with van der Waals surface area (Å²) in [6, 6.07) is 66.1. The van der Waals surface area contributed by atoms with Crippen LogP contribution in [0.3, 0.4) is 0 Å². The van der Waals surface area contributed by atoms with Crippen molar-refractivity contribution in [3.8, 4) is 39.6 Å². The minimum Gasteiger partial charge on any atom is -0.509 e. The summed E-state index contributed by atoms with van der Waals surface area (Å²) in [7, 11) is 0. The monoisotopic (exact) mass is 1110 g/mol. The summed E-state index contributed by atoms with van der Waals surface area (Å²) in [5.41, 5.74) is 13.7. The largest absolute Gasteiger partial charge is 0.509 e. The third kappa shape index (κ3) is 9.74. The van der Waals surface area contributed by atoms with Crippen LogP contribution in [0.5, 0.6) is 11.5 Å².